The SMILES string of the molecule is CCc1cc(C(=O)N2CCN(CC(N)=S)CC2)n(CC)n1. The van der Waals surface area contributed by atoms with Crippen LogP contribution in [-0.2, 0) is 13.0 Å². The van der Waals surface area contributed by atoms with Crippen molar-refractivity contribution in [3.8, 4) is 0 Å². The summed E-state index contributed by atoms with van der Waals surface area (Å²) in [5, 5.41) is 4.44. The summed E-state index contributed by atoms with van der Waals surface area (Å²) in [7, 11) is 0. The Bertz CT molecular complexity index is 519. The van der Waals surface area contributed by atoms with Crippen molar-refractivity contribution < 1.29 is 4.79 Å². The number of thiocarbonyl (C=S) groups is 1. The predicted octanol–water partition coefficient (Wildman–Crippen LogP) is 0.509. The average Bonchev–Trinajstić information content (AvgIpc) is 2.90. The standard InChI is InChI=1S/C14H23N5OS/c1-3-11-9-12(19(4-2)16-11)14(20)18-7-5-17(6-8-18)10-13(15)21/h9H,3-8,10H2,1-2H3,(H2,15,21). The highest BCUT2D eigenvalue weighted by atomic mass is 32.1. The molecule has 7 heteroatoms. The van der Waals surface area contributed by atoms with Gasteiger partial charge in [0.05, 0.1) is 10.7 Å². The number of carbonyl (C=O) groups is 1. The first-order chi connectivity index (χ1) is 10.0. The predicted molar refractivity (Wildman–Crippen MR) is 86.4 cm³/mol. The number of aromatic nitrogens is 2. The van der Waals surface area contributed by atoms with Crippen molar-refractivity contribution in [1.82, 2.24) is 19.6 Å². The Labute approximate surface area is 130 Å². The van der Waals surface area contributed by atoms with Crippen molar-refractivity contribution in [2.45, 2.75) is 26.8 Å². The quantitative estimate of drug-likeness (QED) is 0.803. The van der Waals surface area contributed by atoms with Crippen molar-refractivity contribution >= 4 is 23.1 Å². The topological polar surface area (TPSA) is 67.4 Å². The molecule has 2 heterocycles. The number of amides is 1. The van der Waals surface area contributed by atoms with Gasteiger partial charge in [0.2, 0.25) is 0 Å². The molecule has 116 valence electrons. The van der Waals surface area contributed by atoms with E-state index in [0.29, 0.717) is 36.9 Å². The third-order valence-corrected chi connectivity index (χ3v) is 3.88. The molecule has 1 amide bonds. The van der Waals surface area contributed by atoms with Gasteiger partial charge in [-0.05, 0) is 19.4 Å². The summed E-state index contributed by atoms with van der Waals surface area (Å²) in [5.74, 6) is 0.0685. The second-order valence-corrected chi connectivity index (χ2v) is 5.75. The van der Waals surface area contributed by atoms with Crippen LogP contribution in [0.3, 0.4) is 0 Å². The van der Waals surface area contributed by atoms with E-state index >= 15 is 0 Å². The van der Waals surface area contributed by atoms with E-state index in [1.165, 1.54) is 0 Å². The summed E-state index contributed by atoms with van der Waals surface area (Å²) in [4.78, 5) is 17.2. The second kappa shape index (κ2) is 7.00. The highest BCUT2D eigenvalue weighted by molar-refractivity contribution is 7.80. The van der Waals surface area contributed by atoms with Crippen molar-refractivity contribution in [3.63, 3.8) is 0 Å². The number of rotatable bonds is 5. The molecule has 6 nitrogen and oxygen atoms in total. The molecule has 0 spiro atoms. The minimum absolute atomic E-state index is 0.0685. The molecule has 0 bridgehead atoms. The van der Waals surface area contributed by atoms with Crippen LogP contribution >= 0.6 is 12.2 Å². The number of hydrogen-bond acceptors (Lipinski definition) is 4. The fourth-order valence-corrected chi connectivity index (χ4v) is 2.73. The number of piperazine rings is 1. The third-order valence-electron chi connectivity index (χ3n) is 3.75. The monoisotopic (exact) mass is 309 g/mol. The lowest BCUT2D eigenvalue weighted by Crippen LogP contribution is -2.50. The number of nitrogens with two attached hydrogens (primary N) is 1. The lowest BCUT2D eigenvalue weighted by molar-refractivity contribution is 0.0642. The molecular formula is C14H23N5OS. The normalized spacial score (nSPS) is 16.2. The molecule has 1 aromatic heterocycles. The van der Waals surface area contributed by atoms with Gasteiger partial charge in [0.1, 0.15) is 5.69 Å². The molecule has 1 fully saturated rings. The van der Waals surface area contributed by atoms with Gasteiger partial charge in [0.25, 0.3) is 5.91 Å². The number of hydrogen-bond donors (Lipinski definition) is 1. The maximum atomic E-state index is 12.6. The van der Waals surface area contributed by atoms with Crippen LogP contribution in [0.4, 0.5) is 0 Å². The Morgan fingerprint density at radius 3 is 2.52 bits per heavy atom. The molecular weight excluding hydrogens is 286 g/mol. The van der Waals surface area contributed by atoms with Crippen LogP contribution in [0, 0.1) is 0 Å². The molecule has 0 aliphatic carbocycles. The van der Waals surface area contributed by atoms with Gasteiger partial charge in [-0.15, -0.1) is 0 Å². The summed E-state index contributed by atoms with van der Waals surface area (Å²) in [6.07, 6.45) is 0.842. The van der Waals surface area contributed by atoms with E-state index < -0.39 is 0 Å². The van der Waals surface area contributed by atoms with Crippen LogP contribution in [0.2, 0.25) is 0 Å². The van der Waals surface area contributed by atoms with Crippen LogP contribution in [0.25, 0.3) is 0 Å². The molecule has 0 radical (unpaired) electrons. The molecule has 1 saturated heterocycles. The van der Waals surface area contributed by atoms with Crippen LogP contribution in [0.5, 0.6) is 0 Å². The highest BCUT2D eigenvalue weighted by Gasteiger charge is 2.25. The first-order valence-electron chi connectivity index (χ1n) is 7.41. The number of nitrogens with zero attached hydrogens (tertiary/aromatic N) is 4. The molecule has 21 heavy (non-hydrogen) atoms. The molecule has 1 aliphatic rings. The minimum atomic E-state index is 0.0685. The van der Waals surface area contributed by atoms with E-state index in [2.05, 4.69) is 10.00 Å². The van der Waals surface area contributed by atoms with E-state index in [0.717, 1.165) is 25.2 Å². The van der Waals surface area contributed by atoms with Crippen LogP contribution in [0.1, 0.15) is 30.0 Å². The summed E-state index contributed by atoms with van der Waals surface area (Å²) in [6, 6.07) is 1.91. The fraction of sp³-hybridized carbons (Fsp3) is 0.643. The maximum Gasteiger partial charge on any atom is 0.272 e. The van der Waals surface area contributed by atoms with Gasteiger partial charge < -0.3 is 10.6 Å². The fourth-order valence-electron chi connectivity index (χ4n) is 2.55. The summed E-state index contributed by atoms with van der Waals surface area (Å²) in [5.41, 5.74) is 7.22. The molecule has 1 aliphatic heterocycles. The highest BCUT2D eigenvalue weighted by Crippen LogP contribution is 2.11. The van der Waals surface area contributed by atoms with Crippen LogP contribution in [0.15, 0.2) is 6.07 Å². The van der Waals surface area contributed by atoms with Crippen molar-refractivity contribution in [2.75, 3.05) is 32.7 Å². The Morgan fingerprint density at radius 1 is 1.33 bits per heavy atom. The van der Waals surface area contributed by atoms with E-state index in [1.54, 1.807) is 4.68 Å². The van der Waals surface area contributed by atoms with Crippen LogP contribution in [-0.4, -0.2) is 63.2 Å². The first kappa shape index (κ1) is 15.9. The van der Waals surface area contributed by atoms with E-state index in [4.69, 9.17) is 18.0 Å². The average molecular weight is 309 g/mol. The van der Waals surface area contributed by atoms with Gasteiger partial charge in [0, 0.05) is 39.3 Å². The Hall–Kier alpha value is -1.47. The Kier molecular flexibility index (Phi) is 5.30. The van der Waals surface area contributed by atoms with E-state index in [1.807, 2.05) is 24.8 Å². The molecule has 2 N–H and O–H groups in total. The molecule has 0 saturated carbocycles. The molecule has 0 aromatic carbocycles. The van der Waals surface area contributed by atoms with Gasteiger partial charge in [-0.25, -0.2) is 0 Å². The minimum Gasteiger partial charge on any atom is -0.392 e. The van der Waals surface area contributed by atoms with Crippen molar-refractivity contribution in [2.24, 2.45) is 5.73 Å². The summed E-state index contributed by atoms with van der Waals surface area (Å²) in [6.45, 7) is 8.42. The third kappa shape index (κ3) is 3.79. The zero-order valence-corrected chi connectivity index (χ0v) is 13.5. The molecule has 2 rings (SSSR count). The van der Waals surface area contributed by atoms with Crippen molar-refractivity contribution in [1.29, 1.82) is 0 Å². The summed E-state index contributed by atoms with van der Waals surface area (Å²) >= 11 is 4.93. The molecule has 0 unspecified atom stereocenters. The number of carbonyl (C=O) groups excluding carboxylic acids is 1. The summed E-state index contributed by atoms with van der Waals surface area (Å²) < 4.78 is 1.79. The Morgan fingerprint density at radius 2 is 2.00 bits per heavy atom. The van der Waals surface area contributed by atoms with E-state index in [9.17, 15) is 4.79 Å². The number of aryl methyl sites for hydroxylation is 2. The Balaban J connectivity index is 2.01. The van der Waals surface area contributed by atoms with Gasteiger partial charge >= 0.3 is 0 Å². The van der Waals surface area contributed by atoms with Crippen LogP contribution < -0.4 is 5.73 Å². The van der Waals surface area contributed by atoms with E-state index in [-0.39, 0.29) is 5.91 Å². The van der Waals surface area contributed by atoms with Gasteiger partial charge in [-0.2, -0.15) is 5.10 Å². The zero-order chi connectivity index (χ0) is 15.4. The largest absolute Gasteiger partial charge is 0.392 e. The zero-order valence-electron chi connectivity index (χ0n) is 12.7. The molecule has 1 aromatic rings. The lowest BCUT2D eigenvalue weighted by atomic mass is 10.2. The van der Waals surface area contributed by atoms with Gasteiger partial charge in [-0.3, -0.25) is 14.4 Å². The van der Waals surface area contributed by atoms with Gasteiger partial charge in [-0.1, -0.05) is 19.1 Å². The van der Waals surface area contributed by atoms with Gasteiger partial charge in [0.15, 0.2) is 0 Å². The van der Waals surface area contributed by atoms with Crippen molar-refractivity contribution in [3.05, 3.63) is 17.5 Å². The maximum absolute atomic E-state index is 12.6. The molecule has 0 atom stereocenters. The first-order valence-corrected chi connectivity index (χ1v) is 7.82. The lowest BCUT2D eigenvalue weighted by Gasteiger charge is -2.34. The smallest absolute Gasteiger partial charge is 0.272 e. The second-order valence-electron chi connectivity index (χ2n) is 5.22.